The van der Waals surface area contributed by atoms with Crippen molar-refractivity contribution in [3.8, 4) is 5.75 Å². The zero-order valence-electron chi connectivity index (χ0n) is 15.1. The van der Waals surface area contributed by atoms with E-state index in [4.69, 9.17) is 9.84 Å². The van der Waals surface area contributed by atoms with Gasteiger partial charge in [-0.1, -0.05) is 18.6 Å². The molecule has 1 aromatic carbocycles. The van der Waals surface area contributed by atoms with Crippen molar-refractivity contribution in [2.24, 2.45) is 5.41 Å². The number of benzene rings is 1. The molecular weight excluding hydrogens is 328 g/mol. The minimum atomic E-state index is -0.695. The van der Waals surface area contributed by atoms with Gasteiger partial charge in [-0.2, -0.15) is 0 Å². The molecule has 1 aliphatic rings. The zero-order chi connectivity index (χ0) is 18.4. The first-order chi connectivity index (χ1) is 12.5. The molecule has 1 saturated carbocycles. The highest BCUT2D eigenvalue weighted by molar-refractivity contribution is 5.68. The Kier molecular flexibility index (Phi) is 5.76. The van der Waals surface area contributed by atoms with Crippen LogP contribution >= 0.6 is 0 Å². The van der Waals surface area contributed by atoms with Gasteiger partial charge in [-0.25, -0.2) is 0 Å². The normalized spacial score (nSPS) is 16.3. The fraction of sp³-hybridized carbons (Fsp3) is 0.429. The van der Waals surface area contributed by atoms with Gasteiger partial charge in [0.05, 0.1) is 18.2 Å². The third-order valence-corrected chi connectivity index (χ3v) is 5.02. The monoisotopic (exact) mass is 354 g/mol. The van der Waals surface area contributed by atoms with Crippen LogP contribution in [0.1, 0.15) is 38.2 Å². The standard InChI is InChI=1S/C21H26N2O3/c1-16(23-18-4-2-11-22-14-18)15-26-19-7-5-17(6-8-19)12-21(9-3-10-21)13-20(24)25/h2,4-8,11,14,16,23H,3,9-10,12-13,15H2,1H3,(H,24,25). The summed E-state index contributed by atoms with van der Waals surface area (Å²) in [6.07, 6.45) is 7.79. The lowest BCUT2D eigenvalue weighted by molar-refractivity contribution is -0.141. The van der Waals surface area contributed by atoms with Gasteiger partial charge in [-0.05, 0) is 61.4 Å². The van der Waals surface area contributed by atoms with Crippen LogP contribution in [0.3, 0.4) is 0 Å². The Balaban J connectivity index is 1.49. The molecule has 0 aliphatic heterocycles. The minimum absolute atomic E-state index is 0.0453. The first-order valence-corrected chi connectivity index (χ1v) is 9.15. The molecule has 0 bridgehead atoms. The number of ether oxygens (including phenoxy) is 1. The number of hydrogen-bond donors (Lipinski definition) is 2. The molecule has 0 saturated heterocycles. The lowest BCUT2D eigenvalue weighted by Gasteiger charge is -2.41. The molecule has 1 atom stereocenters. The average Bonchev–Trinajstić information content (AvgIpc) is 2.60. The van der Waals surface area contributed by atoms with E-state index < -0.39 is 5.97 Å². The molecule has 1 aromatic heterocycles. The number of aliphatic carboxylic acids is 1. The summed E-state index contributed by atoms with van der Waals surface area (Å²) in [5.74, 6) is 0.134. The number of hydrogen-bond acceptors (Lipinski definition) is 4. The molecule has 1 heterocycles. The lowest BCUT2D eigenvalue weighted by Crippen LogP contribution is -2.34. The van der Waals surface area contributed by atoms with Gasteiger partial charge in [-0.15, -0.1) is 0 Å². The predicted molar refractivity (Wildman–Crippen MR) is 101 cm³/mol. The number of nitrogens with zero attached hydrogens (tertiary/aromatic N) is 1. The molecule has 1 aliphatic carbocycles. The molecule has 2 aromatic rings. The highest BCUT2D eigenvalue weighted by Crippen LogP contribution is 2.46. The van der Waals surface area contributed by atoms with Crippen LogP contribution in [0.4, 0.5) is 5.69 Å². The quantitative estimate of drug-likeness (QED) is 0.708. The molecule has 0 spiro atoms. The highest BCUT2D eigenvalue weighted by Gasteiger charge is 2.38. The van der Waals surface area contributed by atoms with Crippen molar-refractivity contribution in [2.75, 3.05) is 11.9 Å². The molecule has 1 fully saturated rings. The van der Waals surface area contributed by atoms with Gasteiger partial charge in [-0.3, -0.25) is 9.78 Å². The van der Waals surface area contributed by atoms with Crippen molar-refractivity contribution in [3.63, 3.8) is 0 Å². The van der Waals surface area contributed by atoms with E-state index in [0.29, 0.717) is 6.61 Å². The molecule has 0 radical (unpaired) electrons. The fourth-order valence-electron chi connectivity index (χ4n) is 3.55. The van der Waals surface area contributed by atoms with Gasteiger partial charge in [0.1, 0.15) is 12.4 Å². The molecular formula is C21H26N2O3. The van der Waals surface area contributed by atoms with Crippen LogP contribution in [0.15, 0.2) is 48.8 Å². The SMILES string of the molecule is CC(COc1ccc(CC2(CC(=O)O)CCC2)cc1)Nc1cccnc1. The van der Waals surface area contributed by atoms with E-state index in [1.54, 1.807) is 12.4 Å². The molecule has 26 heavy (non-hydrogen) atoms. The maximum absolute atomic E-state index is 11.1. The van der Waals surface area contributed by atoms with Gasteiger partial charge >= 0.3 is 5.97 Å². The van der Waals surface area contributed by atoms with Gasteiger partial charge in [0, 0.05) is 12.4 Å². The van der Waals surface area contributed by atoms with E-state index in [1.807, 2.05) is 24.3 Å². The van der Waals surface area contributed by atoms with Crippen molar-refractivity contribution in [1.29, 1.82) is 0 Å². The Labute approximate surface area is 154 Å². The summed E-state index contributed by atoms with van der Waals surface area (Å²) >= 11 is 0. The van der Waals surface area contributed by atoms with Crippen molar-refractivity contribution in [2.45, 2.75) is 45.1 Å². The van der Waals surface area contributed by atoms with Crippen LogP contribution in [0, 0.1) is 5.41 Å². The Morgan fingerprint density at radius 3 is 2.65 bits per heavy atom. The maximum atomic E-state index is 11.1. The Hall–Kier alpha value is -2.56. The fourth-order valence-corrected chi connectivity index (χ4v) is 3.55. The van der Waals surface area contributed by atoms with Crippen LogP contribution in [0.25, 0.3) is 0 Å². The first kappa shape index (κ1) is 18.2. The number of carbonyl (C=O) groups is 1. The largest absolute Gasteiger partial charge is 0.491 e. The Morgan fingerprint density at radius 1 is 1.31 bits per heavy atom. The van der Waals surface area contributed by atoms with Crippen LogP contribution in [0.2, 0.25) is 0 Å². The Morgan fingerprint density at radius 2 is 2.08 bits per heavy atom. The summed E-state index contributed by atoms with van der Waals surface area (Å²) in [5, 5.41) is 12.5. The number of carboxylic acids is 1. The minimum Gasteiger partial charge on any atom is -0.491 e. The van der Waals surface area contributed by atoms with Crippen LogP contribution < -0.4 is 10.1 Å². The van der Waals surface area contributed by atoms with E-state index in [1.165, 1.54) is 5.56 Å². The molecule has 5 nitrogen and oxygen atoms in total. The maximum Gasteiger partial charge on any atom is 0.303 e. The molecule has 3 rings (SSSR count). The molecule has 138 valence electrons. The summed E-state index contributed by atoms with van der Waals surface area (Å²) < 4.78 is 5.85. The number of anilines is 1. The number of aromatic nitrogens is 1. The second-order valence-electron chi connectivity index (χ2n) is 7.34. The second kappa shape index (κ2) is 8.21. The topological polar surface area (TPSA) is 71.5 Å². The number of pyridine rings is 1. The van der Waals surface area contributed by atoms with Crippen LogP contribution in [0.5, 0.6) is 5.75 Å². The van der Waals surface area contributed by atoms with E-state index in [2.05, 4.69) is 29.4 Å². The summed E-state index contributed by atoms with van der Waals surface area (Å²) in [6, 6.07) is 12.1. The molecule has 1 unspecified atom stereocenters. The zero-order valence-corrected chi connectivity index (χ0v) is 15.1. The summed E-state index contributed by atoms with van der Waals surface area (Å²) in [5.41, 5.74) is 2.11. The predicted octanol–water partition coefficient (Wildman–Crippen LogP) is 4.15. The third kappa shape index (κ3) is 4.97. The van der Waals surface area contributed by atoms with Crippen LogP contribution in [-0.2, 0) is 11.2 Å². The lowest BCUT2D eigenvalue weighted by atomic mass is 9.63. The van der Waals surface area contributed by atoms with E-state index in [9.17, 15) is 4.79 Å². The third-order valence-electron chi connectivity index (χ3n) is 5.02. The van der Waals surface area contributed by atoms with E-state index in [0.717, 1.165) is 37.1 Å². The van der Waals surface area contributed by atoms with Crippen LogP contribution in [-0.4, -0.2) is 28.7 Å². The van der Waals surface area contributed by atoms with Gasteiger partial charge in [0.25, 0.3) is 0 Å². The molecule has 0 amide bonds. The summed E-state index contributed by atoms with van der Waals surface area (Å²) in [6.45, 7) is 2.62. The second-order valence-corrected chi connectivity index (χ2v) is 7.34. The Bertz CT molecular complexity index is 712. The van der Waals surface area contributed by atoms with Crippen molar-refractivity contribution in [3.05, 3.63) is 54.4 Å². The van der Waals surface area contributed by atoms with Crippen molar-refractivity contribution < 1.29 is 14.6 Å². The van der Waals surface area contributed by atoms with Gasteiger partial charge in [0.2, 0.25) is 0 Å². The summed E-state index contributed by atoms with van der Waals surface area (Å²) in [4.78, 5) is 15.2. The van der Waals surface area contributed by atoms with E-state index in [-0.39, 0.29) is 17.9 Å². The van der Waals surface area contributed by atoms with E-state index >= 15 is 0 Å². The smallest absolute Gasteiger partial charge is 0.303 e. The molecule has 2 N–H and O–H groups in total. The van der Waals surface area contributed by atoms with Gasteiger partial charge < -0.3 is 15.2 Å². The number of nitrogens with one attached hydrogen (secondary N) is 1. The summed E-state index contributed by atoms with van der Waals surface area (Å²) in [7, 11) is 0. The van der Waals surface area contributed by atoms with Crippen molar-refractivity contribution >= 4 is 11.7 Å². The molecule has 5 heteroatoms. The van der Waals surface area contributed by atoms with Gasteiger partial charge in [0.15, 0.2) is 0 Å². The number of rotatable bonds is 9. The first-order valence-electron chi connectivity index (χ1n) is 9.15. The average molecular weight is 354 g/mol. The van der Waals surface area contributed by atoms with Crippen molar-refractivity contribution in [1.82, 2.24) is 4.98 Å². The highest BCUT2D eigenvalue weighted by atomic mass is 16.5. The number of carboxylic acid groups (broad SMARTS) is 1.